The molecule has 0 aromatic heterocycles. The van der Waals surface area contributed by atoms with Gasteiger partial charge in [0.1, 0.15) is 0 Å². The molecular formula is C10H20N2. The average Bonchev–Trinajstić information content (AvgIpc) is 2.05. The van der Waals surface area contributed by atoms with Crippen LogP contribution >= 0.6 is 0 Å². The summed E-state index contributed by atoms with van der Waals surface area (Å²) in [6.45, 7) is 5.33. The zero-order valence-electron chi connectivity index (χ0n) is 8.27. The maximum atomic E-state index is 8.39. The summed E-state index contributed by atoms with van der Waals surface area (Å²) in [6, 6.07) is 2.52. The lowest BCUT2D eigenvalue weighted by Gasteiger charge is -2.08. The van der Waals surface area contributed by atoms with Gasteiger partial charge in [-0.2, -0.15) is 5.26 Å². The van der Waals surface area contributed by atoms with Crippen molar-refractivity contribution in [1.29, 1.82) is 5.26 Å². The summed E-state index contributed by atoms with van der Waals surface area (Å²) in [5.74, 6) is 0. The standard InChI is InChI=1S/C10H20N2/c1-3-4-5-6-9-12-10(2)7-8-11/h10,12H,3-7,9H2,1-2H3. The molecule has 0 aliphatic rings. The van der Waals surface area contributed by atoms with E-state index < -0.39 is 0 Å². The maximum Gasteiger partial charge on any atom is 0.0638 e. The summed E-state index contributed by atoms with van der Waals surface area (Å²) in [5.41, 5.74) is 0. The van der Waals surface area contributed by atoms with Crippen LogP contribution in [0.2, 0.25) is 0 Å². The summed E-state index contributed by atoms with van der Waals surface area (Å²) in [6.07, 6.45) is 5.78. The minimum atomic E-state index is 0.358. The van der Waals surface area contributed by atoms with E-state index in [1.54, 1.807) is 0 Å². The van der Waals surface area contributed by atoms with Crippen LogP contribution in [0, 0.1) is 11.3 Å². The number of unbranched alkanes of at least 4 members (excludes halogenated alkanes) is 3. The molecular weight excluding hydrogens is 148 g/mol. The van der Waals surface area contributed by atoms with Crippen LogP contribution in [0.15, 0.2) is 0 Å². The van der Waals surface area contributed by atoms with Crippen molar-refractivity contribution in [3.63, 3.8) is 0 Å². The van der Waals surface area contributed by atoms with Gasteiger partial charge in [-0.15, -0.1) is 0 Å². The molecule has 0 heterocycles. The van der Waals surface area contributed by atoms with Gasteiger partial charge in [0.15, 0.2) is 0 Å². The Hall–Kier alpha value is -0.550. The summed E-state index contributed by atoms with van der Waals surface area (Å²) in [5, 5.41) is 11.7. The second-order valence-electron chi connectivity index (χ2n) is 3.28. The van der Waals surface area contributed by atoms with E-state index in [-0.39, 0.29) is 0 Å². The van der Waals surface area contributed by atoms with Gasteiger partial charge >= 0.3 is 0 Å². The van der Waals surface area contributed by atoms with Gasteiger partial charge in [-0.1, -0.05) is 26.2 Å². The lowest BCUT2D eigenvalue weighted by molar-refractivity contribution is 0.526. The van der Waals surface area contributed by atoms with E-state index in [2.05, 4.69) is 25.2 Å². The minimum Gasteiger partial charge on any atom is -0.313 e. The number of rotatable bonds is 7. The molecule has 0 saturated carbocycles. The van der Waals surface area contributed by atoms with Gasteiger partial charge in [-0.25, -0.2) is 0 Å². The summed E-state index contributed by atoms with van der Waals surface area (Å²) in [7, 11) is 0. The van der Waals surface area contributed by atoms with Crippen LogP contribution in [-0.2, 0) is 0 Å². The van der Waals surface area contributed by atoms with Gasteiger partial charge < -0.3 is 5.32 Å². The molecule has 0 fully saturated rings. The Morgan fingerprint density at radius 1 is 1.33 bits per heavy atom. The lowest BCUT2D eigenvalue weighted by Crippen LogP contribution is -2.26. The first-order valence-corrected chi connectivity index (χ1v) is 4.91. The van der Waals surface area contributed by atoms with E-state index in [1.165, 1.54) is 25.7 Å². The third-order valence-electron chi connectivity index (χ3n) is 1.92. The SMILES string of the molecule is CCCCCCNC(C)CC#N. The Kier molecular flexibility index (Phi) is 8.15. The largest absolute Gasteiger partial charge is 0.313 e. The van der Waals surface area contributed by atoms with Gasteiger partial charge in [0.05, 0.1) is 12.5 Å². The first-order chi connectivity index (χ1) is 5.81. The quantitative estimate of drug-likeness (QED) is 0.593. The number of nitrogens with zero attached hydrogens (tertiary/aromatic N) is 1. The molecule has 0 amide bonds. The van der Waals surface area contributed by atoms with Crippen molar-refractivity contribution in [1.82, 2.24) is 5.32 Å². The molecule has 0 radical (unpaired) electrons. The highest BCUT2D eigenvalue weighted by Gasteiger charge is 1.97. The van der Waals surface area contributed by atoms with Crippen molar-refractivity contribution in [2.75, 3.05) is 6.54 Å². The molecule has 2 nitrogen and oxygen atoms in total. The van der Waals surface area contributed by atoms with Crippen molar-refractivity contribution in [2.24, 2.45) is 0 Å². The van der Waals surface area contributed by atoms with Gasteiger partial charge in [-0.3, -0.25) is 0 Å². The van der Waals surface area contributed by atoms with Crippen LogP contribution in [-0.4, -0.2) is 12.6 Å². The fourth-order valence-corrected chi connectivity index (χ4v) is 1.11. The zero-order valence-corrected chi connectivity index (χ0v) is 8.27. The Labute approximate surface area is 76.0 Å². The monoisotopic (exact) mass is 168 g/mol. The third kappa shape index (κ3) is 7.56. The predicted molar refractivity (Wildman–Crippen MR) is 51.8 cm³/mol. The van der Waals surface area contributed by atoms with E-state index in [9.17, 15) is 0 Å². The highest BCUT2D eigenvalue weighted by molar-refractivity contribution is 4.76. The average molecular weight is 168 g/mol. The first kappa shape index (κ1) is 11.4. The topological polar surface area (TPSA) is 35.8 Å². The van der Waals surface area contributed by atoms with Crippen molar-refractivity contribution in [2.45, 2.75) is 52.0 Å². The van der Waals surface area contributed by atoms with Gasteiger partial charge in [0, 0.05) is 6.04 Å². The van der Waals surface area contributed by atoms with E-state index >= 15 is 0 Å². The normalized spacial score (nSPS) is 12.4. The van der Waals surface area contributed by atoms with E-state index in [1.807, 2.05) is 0 Å². The van der Waals surface area contributed by atoms with Crippen LogP contribution < -0.4 is 5.32 Å². The second kappa shape index (κ2) is 8.55. The number of hydrogen-bond donors (Lipinski definition) is 1. The molecule has 1 unspecified atom stereocenters. The van der Waals surface area contributed by atoms with Gasteiger partial charge in [0.2, 0.25) is 0 Å². The molecule has 0 bridgehead atoms. The van der Waals surface area contributed by atoms with Crippen molar-refractivity contribution in [3.8, 4) is 6.07 Å². The van der Waals surface area contributed by atoms with Crippen LogP contribution in [0.4, 0.5) is 0 Å². The Bertz CT molecular complexity index is 126. The van der Waals surface area contributed by atoms with Crippen LogP contribution in [0.25, 0.3) is 0 Å². The highest BCUT2D eigenvalue weighted by Crippen LogP contribution is 1.98. The molecule has 12 heavy (non-hydrogen) atoms. The van der Waals surface area contributed by atoms with Crippen molar-refractivity contribution in [3.05, 3.63) is 0 Å². The van der Waals surface area contributed by atoms with E-state index in [0.717, 1.165) is 6.54 Å². The second-order valence-corrected chi connectivity index (χ2v) is 3.28. The number of nitriles is 1. The van der Waals surface area contributed by atoms with Crippen molar-refractivity contribution >= 4 is 0 Å². The van der Waals surface area contributed by atoms with Crippen LogP contribution in [0.1, 0.15) is 46.0 Å². The minimum absolute atomic E-state index is 0.358. The first-order valence-electron chi connectivity index (χ1n) is 4.91. The molecule has 70 valence electrons. The molecule has 0 aliphatic carbocycles. The number of hydrogen-bond acceptors (Lipinski definition) is 2. The van der Waals surface area contributed by atoms with E-state index in [0.29, 0.717) is 12.5 Å². The Morgan fingerprint density at radius 3 is 2.67 bits per heavy atom. The summed E-state index contributed by atoms with van der Waals surface area (Å²) < 4.78 is 0. The Morgan fingerprint density at radius 2 is 2.08 bits per heavy atom. The molecule has 0 aliphatic heterocycles. The summed E-state index contributed by atoms with van der Waals surface area (Å²) in [4.78, 5) is 0. The van der Waals surface area contributed by atoms with Gasteiger partial charge in [-0.05, 0) is 19.9 Å². The molecule has 0 spiro atoms. The molecule has 1 atom stereocenters. The fraction of sp³-hybridized carbons (Fsp3) is 0.900. The molecule has 0 aromatic carbocycles. The third-order valence-corrected chi connectivity index (χ3v) is 1.92. The number of nitrogens with one attached hydrogen (secondary N) is 1. The molecule has 0 saturated heterocycles. The highest BCUT2D eigenvalue weighted by atomic mass is 14.9. The molecule has 0 aromatic rings. The molecule has 1 N–H and O–H groups in total. The zero-order chi connectivity index (χ0) is 9.23. The van der Waals surface area contributed by atoms with Crippen molar-refractivity contribution < 1.29 is 0 Å². The molecule has 2 heteroatoms. The lowest BCUT2D eigenvalue weighted by atomic mass is 10.2. The predicted octanol–water partition coefficient (Wildman–Crippen LogP) is 2.46. The molecule has 0 rings (SSSR count). The Balaban J connectivity index is 3.04. The smallest absolute Gasteiger partial charge is 0.0638 e. The van der Waals surface area contributed by atoms with E-state index in [4.69, 9.17) is 5.26 Å². The maximum absolute atomic E-state index is 8.39. The summed E-state index contributed by atoms with van der Waals surface area (Å²) >= 11 is 0. The van der Waals surface area contributed by atoms with Gasteiger partial charge in [0.25, 0.3) is 0 Å². The van der Waals surface area contributed by atoms with Crippen LogP contribution in [0.3, 0.4) is 0 Å². The van der Waals surface area contributed by atoms with Crippen LogP contribution in [0.5, 0.6) is 0 Å². The fourth-order valence-electron chi connectivity index (χ4n) is 1.11.